The summed E-state index contributed by atoms with van der Waals surface area (Å²) < 4.78 is 16.2. The van der Waals surface area contributed by atoms with Crippen molar-refractivity contribution in [1.29, 1.82) is 0 Å². The number of pyridine rings is 1. The minimum atomic E-state index is -0.253. The van der Waals surface area contributed by atoms with Crippen molar-refractivity contribution in [3.05, 3.63) is 48.3 Å². The Morgan fingerprint density at radius 3 is 2.75 bits per heavy atom. The Balaban J connectivity index is 1.59. The van der Waals surface area contributed by atoms with Crippen molar-refractivity contribution in [2.24, 2.45) is 0 Å². The number of benzene rings is 1. The summed E-state index contributed by atoms with van der Waals surface area (Å²) in [4.78, 5) is 25.1. The summed E-state index contributed by atoms with van der Waals surface area (Å²) in [5.41, 5.74) is 1.97. The van der Waals surface area contributed by atoms with Gasteiger partial charge in [0.25, 0.3) is 0 Å². The van der Waals surface area contributed by atoms with E-state index in [1.54, 1.807) is 38.7 Å². The smallest absolute Gasteiger partial charge is 0.243 e. The molecule has 2 N–H and O–H groups in total. The number of nitrogens with zero attached hydrogens (tertiary/aromatic N) is 3. The lowest BCUT2D eigenvalue weighted by Crippen LogP contribution is -2.45. The van der Waals surface area contributed by atoms with E-state index in [1.165, 1.54) is 6.08 Å². The molecule has 32 heavy (non-hydrogen) atoms. The van der Waals surface area contributed by atoms with Crippen LogP contribution in [0.4, 0.5) is 5.95 Å². The fourth-order valence-corrected chi connectivity index (χ4v) is 3.71. The second-order valence-electron chi connectivity index (χ2n) is 7.12. The van der Waals surface area contributed by atoms with Crippen molar-refractivity contribution in [3.8, 4) is 22.8 Å². The number of hydrogen-bond acceptors (Lipinski definition) is 8. The summed E-state index contributed by atoms with van der Waals surface area (Å²) in [5, 5.41) is 7.29. The van der Waals surface area contributed by atoms with Crippen LogP contribution in [0.15, 0.2) is 43.2 Å². The topological polar surface area (TPSA) is 107 Å². The molecular weight excluding hydrogens is 434 g/mol. The molecular formula is C22H22ClN5O4. The predicted molar refractivity (Wildman–Crippen MR) is 121 cm³/mol. The average molecular weight is 456 g/mol. The number of fused-ring (bicyclic) bond motifs is 1. The van der Waals surface area contributed by atoms with Crippen LogP contribution in [0, 0.1) is 0 Å². The van der Waals surface area contributed by atoms with Crippen LogP contribution < -0.4 is 20.1 Å². The molecule has 0 saturated carbocycles. The second kappa shape index (κ2) is 9.37. The van der Waals surface area contributed by atoms with Crippen LogP contribution in [0.1, 0.15) is 0 Å². The molecule has 9 nitrogen and oxygen atoms in total. The number of aromatic nitrogens is 3. The Bertz CT molecular complexity index is 1170. The molecule has 4 rings (SSSR count). The Morgan fingerprint density at radius 2 is 2.00 bits per heavy atom. The normalized spacial score (nSPS) is 17.7. The summed E-state index contributed by atoms with van der Waals surface area (Å²) in [6, 6.07) is 5.00. The largest absolute Gasteiger partial charge is 0.497 e. The highest BCUT2D eigenvalue weighted by Gasteiger charge is 2.29. The van der Waals surface area contributed by atoms with E-state index >= 15 is 0 Å². The van der Waals surface area contributed by atoms with Crippen molar-refractivity contribution in [3.63, 3.8) is 0 Å². The molecule has 2 atom stereocenters. The van der Waals surface area contributed by atoms with Gasteiger partial charge in [-0.1, -0.05) is 18.2 Å². The van der Waals surface area contributed by atoms with Crippen molar-refractivity contribution in [2.75, 3.05) is 32.8 Å². The van der Waals surface area contributed by atoms with E-state index in [1.807, 2.05) is 6.07 Å². The average Bonchev–Trinajstić information content (AvgIpc) is 3.25. The molecule has 0 bridgehead atoms. The summed E-state index contributed by atoms with van der Waals surface area (Å²) in [6.45, 7) is 4.30. The van der Waals surface area contributed by atoms with E-state index in [4.69, 9.17) is 25.8 Å². The zero-order chi connectivity index (χ0) is 22.7. The van der Waals surface area contributed by atoms with Gasteiger partial charge in [-0.3, -0.25) is 9.78 Å². The summed E-state index contributed by atoms with van der Waals surface area (Å²) in [7, 11) is 3.12. The number of hydrogen-bond donors (Lipinski definition) is 2. The van der Waals surface area contributed by atoms with Crippen LogP contribution in [0.25, 0.3) is 22.2 Å². The molecule has 1 aliphatic heterocycles. The highest BCUT2D eigenvalue weighted by atomic mass is 35.5. The maximum atomic E-state index is 11.6. The Morgan fingerprint density at radius 1 is 1.19 bits per heavy atom. The number of amides is 1. The number of halogens is 1. The highest BCUT2D eigenvalue weighted by Crippen LogP contribution is 2.38. The van der Waals surface area contributed by atoms with Crippen molar-refractivity contribution in [1.82, 2.24) is 20.3 Å². The minimum Gasteiger partial charge on any atom is -0.497 e. The lowest BCUT2D eigenvalue weighted by Gasteiger charge is -2.19. The van der Waals surface area contributed by atoms with Crippen LogP contribution in [0.3, 0.4) is 0 Å². The standard InChI is InChI=1S/C22H22ClN5O4/c1-4-20(29)26-17-10-32-11-18(17)28-22-25-8-12-5-15(24-9-16(12)27-22)14-6-13(30-2)7-19(31-3)21(14)23/h4-9,17-18H,1,10-11H2,2-3H3,(H,26,29)(H,25,27,28)/t17-,18+/m0/s1. The highest BCUT2D eigenvalue weighted by molar-refractivity contribution is 6.34. The summed E-state index contributed by atoms with van der Waals surface area (Å²) in [5.74, 6) is 1.27. The molecule has 0 spiro atoms. The number of carbonyl (C=O) groups is 1. The molecule has 1 fully saturated rings. The van der Waals surface area contributed by atoms with Gasteiger partial charge in [0.15, 0.2) is 0 Å². The number of anilines is 1. The van der Waals surface area contributed by atoms with Crippen LogP contribution in [-0.2, 0) is 9.53 Å². The van der Waals surface area contributed by atoms with E-state index < -0.39 is 0 Å². The molecule has 10 heteroatoms. The number of methoxy groups -OCH3 is 2. The first-order valence-electron chi connectivity index (χ1n) is 9.84. The van der Waals surface area contributed by atoms with E-state index in [0.29, 0.717) is 52.5 Å². The first-order chi connectivity index (χ1) is 15.5. The van der Waals surface area contributed by atoms with Crippen LogP contribution >= 0.6 is 11.6 Å². The first-order valence-corrected chi connectivity index (χ1v) is 10.2. The van der Waals surface area contributed by atoms with Gasteiger partial charge in [-0.05, 0) is 18.2 Å². The third kappa shape index (κ3) is 4.44. The van der Waals surface area contributed by atoms with E-state index in [9.17, 15) is 4.79 Å². The number of ether oxygens (including phenoxy) is 3. The van der Waals surface area contributed by atoms with Gasteiger partial charge in [0, 0.05) is 23.2 Å². The molecule has 0 radical (unpaired) electrons. The monoisotopic (exact) mass is 455 g/mol. The number of carbonyl (C=O) groups excluding carboxylic acids is 1. The molecule has 1 aromatic carbocycles. The lowest BCUT2D eigenvalue weighted by molar-refractivity contribution is -0.117. The Hall–Kier alpha value is -3.43. The number of nitrogens with one attached hydrogen (secondary N) is 2. The fourth-order valence-electron chi connectivity index (χ4n) is 3.42. The van der Waals surface area contributed by atoms with Crippen molar-refractivity contribution >= 4 is 34.4 Å². The van der Waals surface area contributed by atoms with Gasteiger partial charge in [0.05, 0.1) is 61.9 Å². The van der Waals surface area contributed by atoms with Crippen LogP contribution in [-0.4, -0.2) is 60.4 Å². The van der Waals surface area contributed by atoms with Gasteiger partial charge in [0.1, 0.15) is 11.5 Å². The van der Waals surface area contributed by atoms with Gasteiger partial charge in [-0.15, -0.1) is 0 Å². The van der Waals surface area contributed by atoms with E-state index in [-0.39, 0.29) is 18.0 Å². The molecule has 166 valence electrons. The zero-order valence-corrected chi connectivity index (χ0v) is 18.3. The van der Waals surface area contributed by atoms with Crippen LogP contribution in [0.5, 0.6) is 11.5 Å². The van der Waals surface area contributed by atoms with Gasteiger partial charge < -0.3 is 24.8 Å². The molecule has 1 amide bonds. The lowest BCUT2D eigenvalue weighted by atomic mass is 10.1. The van der Waals surface area contributed by atoms with E-state index in [2.05, 4.69) is 32.2 Å². The summed E-state index contributed by atoms with van der Waals surface area (Å²) >= 11 is 6.49. The Kier molecular flexibility index (Phi) is 6.38. The van der Waals surface area contributed by atoms with Gasteiger partial charge in [-0.25, -0.2) is 9.97 Å². The maximum Gasteiger partial charge on any atom is 0.243 e. The van der Waals surface area contributed by atoms with Crippen LogP contribution in [0.2, 0.25) is 5.02 Å². The molecule has 0 aliphatic carbocycles. The minimum absolute atomic E-state index is 0.161. The van der Waals surface area contributed by atoms with Crippen molar-refractivity contribution < 1.29 is 19.0 Å². The molecule has 1 saturated heterocycles. The summed E-state index contributed by atoms with van der Waals surface area (Å²) in [6.07, 6.45) is 4.59. The zero-order valence-electron chi connectivity index (χ0n) is 17.6. The van der Waals surface area contributed by atoms with Crippen molar-refractivity contribution in [2.45, 2.75) is 12.1 Å². The fraction of sp³-hybridized carbons (Fsp3) is 0.273. The van der Waals surface area contributed by atoms with Gasteiger partial charge in [-0.2, -0.15) is 0 Å². The number of rotatable bonds is 7. The molecule has 3 heterocycles. The quantitative estimate of drug-likeness (QED) is 0.524. The SMILES string of the molecule is C=CC(=O)N[C@H]1COC[C@H]1Nc1ncc2cc(-c3cc(OC)cc(OC)c3Cl)ncc2n1. The maximum absolute atomic E-state index is 11.6. The molecule has 2 aromatic heterocycles. The van der Waals surface area contributed by atoms with Gasteiger partial charge in [0.2, 0.25) is 11.9 Å². The molecule has 0 unspecified atom stereocenters. The Labute approximate surface area is 189 Å². The third-order valence-corrected chi connectivity index (χ3v) is 5.51. The predicted octanol–water partition coefficient (Wildman–Crippen LogP) is 2.84. The van der Waals surface area contributed by atoms with E-state index in [0.717, 1.165) is 5.39 Å². The first kappa shape index (κ1) is 21.8. The second-order valence-corrected chi connectivity index (χ2v) is 7.50. The molecule has 1 aliphatic rings. The van der Waals surface area contributed by atoms with Gasteiger partial charge >= 0.3 is 0 Å². The molecule has 3 aromatic rings. The third-order valence-electron chi connectivity index (χ3n) is 5.12.